The Morgan fingerprint density at radius 1 is 1.35 bits per heavy atom. The molecule has 9 heteroatoms. The van der Waals surface area contributed by atoms with Crippen molar-refractivity contribution in [3.63, 3.8) is 0 Å². The number of halogens is 3. The molecule has 23 heavy (non-hydrogen) atoms. The third-order valence-electron chi connectivity index (χ3n) is 3.29. The van der Waals surface area contributed by atoms with Crippen LogP contribution in [0.5, 0.6) is 0 Å². The van der Waals surface area contributed by atoms with Crippen molar-refractivity contribution in [1.29, 1.82) is 0 Å². The second-order valence-corrected chi connectivity index (χ2v) is 5.37. The van der Waals surface area contributed by atoms with E-state index in [0.717, 1.165) is 18.3 Å². The molecule has 1 N–H and O–H groups in total. The van der Waals surface area contributed by atoms with Crippen molar-refractivity contribution in [3.05, 3.63) is 42.2 Å². The lowest BCUT2D eigenvalue weighted by atomic mass is 10.0. The topological polar surface area (TPSA) is 72.7 Å². The summed E-state index contributed by atoms with van der Waals surface area (Å²) in [6, 6.07) is 1.65. The van der Waals surface area contributed by atoms with Crippen molar-refractivity contribution in [1.82, 2.24) is 25.1 Å². The molecule has 2 rings (SSSR count). The Hall–Kier alpha value is -2.45. The van der Waals surface area contributed by atoms with E-state index in [1.54, 1.807) is 4.68 Å². The van der Waals surface area contributed by atoms with Gasteiger partial charge in [-0.05, 0) is 18.1 Å². The monoisotopic (exact) mass is 327 g/mol. The highest BCUT2D eigenvalue weighted by molar-refractivity contribution is 5.94. The van der Waals surface area contributed by atoms with Gasteiger partial charge < -0.3 is 5.32 Å². The molecule has 2 aromatic rings. The molecule has 0 aliphatic carbocycles. The molecule has 6 nitrogen and oxygen atoms in total. The van der Waals surface area contributed by atoms with Gasteiger partial charge in [0.2, 0.25) is 0 Å². The summed E-state index contributed by atoms with van der Waals surface area (Å²) in [4.78, 5) is 19.3. The average molecular weight is 327 g/mol. The SMILES string of the molecule is CC(C)[C@@H](Cn1cncn1)NC(=O)c1ccc(C(F)(F)F)nc1. The van der Waals surface area contributed by atoms with Gasteiger partial charge >= 0.3 is 6.18 Å². The number of alkyl halides is 3. The Labute approximate surface area is 130 Å². The van der Waals surface area contributed by atoms with Crippen molar-refractivity contribution < 1.29 is 18.0 Å². The van der Waals surface area contributed by atoms with Gasteiger partial charge in [0.05, 0.1) is 18.2 Å². The molecule has 2 heterocycles. The number of carbonyl (C=O) groups excluding carboxylic acids is 1. The smallest absolute Gasteiger partial charge is 0.347 e. The van der Waals surface area contributed by atoms with Crippen molar-refractivity contribution in [3.8, 4) is 0 Å². The van der Waals surface area contributed by atoms with Gasteiger partial charge in [0.1, 0.15) is 18.3 Å². The second kappa shape index (κ2) is 6.76. The molecule has 0 spiro atoms. The lowest BCUT2D eigenvalue weighted by Gasteiger charge is -2.22. The van der Waals surface area contributed by atoms with Crippen LogP contribution in [0.25, 0.3) is 0 Å². The molecule has 0 radical (unpaired) electrons. The van der Waals surface area contributed by atoms with Crippen LogP contribution in [-0.4, -0.2) is 31.7 Å². The predicted octanol–water partition coefficient (Wildman–Crippen LogP) is 2.15. The summed E-state index contributed by atoms with van der Waals surface area (Å²) in [5.41, 5.74) is -0.959. The van der Waals surface area contributed by atoms with Gasteiger partial charge in [0.15, 0.2) is 0 Å². The number of rotatable bonds is 5. The maximum absolute atomic E-state index is 12.5. The first kappa shape index (κ1) is 16.9. The van der Waals surface area contributed by atoms with Gasteiger partial charge in [-0.2, -0.15) is 18.3 Å². The summed E-state index contributed by atoms with van der Waals surface area (Å²) >= 11 is 0. The minimum Gasteiger partial charge on any atom is -0.347 e. The van der Waals surface area contributed by atoms with E-state index in [1.807, 2.05) is 13.8 Å². The molecule has 0 fully saturated rings. The standard InChI is InChI=1S/C14H16F3N5O/c1-9(2)11(6-22-8-18-7-20-22)21-13(23)10-3-4-12(19-5-10)14(15,16)17/h3-5,7-9,11H,6H2,1-2H3,(H,21,23)/t11-/m1/s1. The molecule has 2 aromatic heterocycles. The summed E-state index contributed by atoms with van der Waals surface area (Å²) in [6.07, 6.45) is -0.687. The van der Waals surface area contributed by atoms with Crippen LogP contribution < -0.4 is 5.32 Å². The minimum atomic E-state index is -4.53. The summed E-state index contributed by atoms with van der Waals surface area (Å²) in [7, 11) is 0. The number of aromatic nitrogens is 4. The lowest BCUT2D eigenvalue weighted by molar-refractivity contribution is -0.141. The molecule has 0 aliphatic rings. The summed E-state index contributed by atoms with van der Waals surface area (Å²) in [5.74, 6) is -0.379. The van der Waals surface area contributed by atoms with Gasteiger partial charge in [-0.3, -0.25) is 14.5 Å². The fourth-order valence-electron chi connectivity index (χ4n) is 1.90. The fourth-order valence-corrected chi connectivity index (χ4v) is 1.90. The first-order valence-corrected chi connectivity index (χ1v) is 6.94. The first-order valence-electron chi connectivity index (χ1n) is 6.94. The van der Waals surface area contributed by atoms with E-state index in [-0.39, 0.29) is 17.5 Å². The average Bonchev–Trinajstić information content (AvgIpc) is 2.98. The zero-order valence-corrected chi connectivity index (χ0v) is 12.6. The molecule has 0 bridgehead atoms. The highest BCUT2D eigenvalue weighted by Gasteiger charge is 2.32. The highest BCUT2D eigenvalue weighted by Crippen LogP contribution is 2.27. The molecule has 0 aliphatic heterocycles. The Morgan fingerprint density at radius 3 is 2.57 bits per heavy atom. The molecule has 124 valence electrons. The molecule has 0 saturated heterocycles. The van der Waals surface area contributed by atoms with Gasteiger partial charge in [-0.25, -0.2) is 4.98 Å². The largest absolute Gasteiger partial charge is 0.433 e. The maximum atomic E-state index is 12.5. The highest BCUT2D eigenvalue weighted by atomic mass is 19.4. The molecular formula is C14H16F3N5O. The van der Waals surface area contributed by atoms with Crippen LogP contribution in [0, 0.1) is 5.92 Å². The van der Waals surface area contributed by atoms with E-state index in [2.05, 4.69) is 20.4 Å². The van der Waals surface area contributed by atoms with Crippen molar-refractivity contribution in [2.45, 2.75) is 32.6 Å². The van der Waals surface area contributed by atoms with Gasteiger partial charge in [0, 0.05) is 6.20 Å². The normalized spacial score (nSPS) is 13.1. The van der Waals surface area contributed by atoms with E-state index in [4.69, 9.17) is 0 Å². The molecule has 1 amide bonds. The van der Waals surface area contributed by atoms with Gasteiger partial charge in [-0.1, -0.05) is 13.8 Å². The van der Waals surface area contributed by atoms with Crippen molar-refractivity contribution in [2.75, 3.05) is 0 Å². The fraction of sp³-hybridized carbons (Fsp3) is 0.429. The number of carbonyl (C=O) groups is 1. The van der Waals surface area contributed by atoms with E-state index >= 15 is 0 Å². The number of hydrogen-bond acceptors (Lipinski definition) is 4. The third-order valence-corrected chi connectivity index (χ3v) is 3.29. The van der Waals surface area contributed by atoms with Crippen LogP contribution in [0.1, 0.15) is 29.9 Å². The summed E-state index contributed by atoms with van der Waals surface area (Å²) in [6.45, 7) is 4.26. The van der Waals surface area contributed by atoms with Gasteiger partial charge in [-0.15, -0.1) is 0 Å². The number of pyridine rings is 1. The lowest BCUT2D eigenvalue weighted by Crippen LogP contribution is -2.41. The molecule has 1 atom stereocenters. The zero-order chi connectivity index (χ0) is 17.0. The van der Waals surface area contributed by atoms with Gasteiger partial charge in [0.25, 0.3) is 5.91 Å². The van der Waals surface area contributed by atoms with Crippen LogP contribution >= 0.6 is 0 Å². The van der Waals surface area contributed by atoms with Crippen LogP contribution in [0.3, 0.4) is 0 Å². The van der Waals surface area contributed by atoms with Crippen LogP contribution in [0.15, 0.2) is 31.0 Å². The number of hydrogen-bond donors (Lipinski definition) is 1. The Morgan fingerprint density at radius 2 is 2.09 bits per heavy atom. The number of amides is 1. The minimum absolute atomic E-state index is 0.0715. The molecular weight excluding hydrogens is 311 g/mol. The predicted molar refractivity (Wildman–Crippen MR) is 75.4 cm³/mol. The van der Waals surface area contributed by atoms with Crippen LogP contribution in [0.2, 0.25) is 0 Å². The van der Waals surface area contributed by atoms with Crippen molar-refractivity contribution >= 4 is 5.91 Å². The van der Waals surface area contributed by atoms with E-state index in [9.17, 15) is 18.0 Å². The van der Waals surface area contributed by atoms with E-state index in [0.29, 0.717) is 6.54 Å². The third kappa shape index (κ3) is 4.51. The molecule has 0 unspecified atom stereocenters. The zero-order valence-electron chi connectivity index (χ0n) is 12.6. The second-order valence-electron chi connectivity index (χ2n) is 5.37. The van der Waals surface area contributed by atoms with E-state index in [1.165, 1.54) is 12.7 Å². The van der Waals surface area contributed by atoms with Crippen molar-refractivity contribution in [2.24, 2.45) is 5.92 Å². The quantitative estimate of drug-likeness (QED) is 0.913. The Bertz CT molecular complexity index is 637. The van der Waals surface area contributed by atoms with Crippen LogP contribution in [0.4, 0.5) is 13.2 Å². The summed E-state index contributed by atoms with van der Waals surface area (Å²) in [5, 5.41) is 6.75. The number of nitrogens with one attached hydrogen (secondary N) is 1. The molecule has 0 aromatic carbocycles. The first-order chi connectivity index (χ1) is 10.8. The maximum Gasteiger partial charge on any atom is 0.433 e. The van der Waals surface area contributed by atoms with E-state index < -0.39 is 17.8 Å². The summed E-state index contributed by atoms with van der Waals surface area (Å²) < 4.78 is 39.0. The van der Waals surface area contributed by atoms with Crippen LogP contribution in [-0.2, 0) is 12.7 Å². The Balaban J connectivity index is 2.06. The molecule has 0 saturated carbocycles. The number of nitrogens with zero attached hydrogens (tertiary/aromatic N) is 4. The Kier molecular flexibility index (Phi) is 4.97.